The summed E-state index contributed by atoms with van der Waals surface area (Å²) in [4.78, 5) is 0. The molecule has 0 bridgehead atoms. The van der Waals surface area contributed by atoms with Crippen molar-refractivity contribution in [1.82, 2.24) is 5.32 Å². The molecule has 0 aliphatic carbocycles. The highest BCUT2D eigenvalue weighted by molar-refractivity contribution is 6.36. The van der Waals surface area contributed by atoms with E-state index in [9.17, 15) is 0 Å². The summed E-state index contributed by atoms with van der Waals surface area (Å²) in [7, 11) is 1.94. The zero-order valence-corrected chi connectivity index (χ0v) is 13.5. The monoisotopic (exact) mass is 307 g/mol. The third-order valence-corrected chi connectivity index (χ3v) is 4.37. The second-order valence-electron chi connectivity index (χ2n) is 5.10. The fourth-order valence-corrected chi connectivity index (χ4v) is 3.02. The Labute approximate surface area is 130 Å². The minimum Gasteiger partial charge on any atom is -0.313 e. The second-order valence-corrected chi connectivity index (χ2v) is 5.91. The van der Waals surface area contributed by atoms with Crippen molar-refractivity contribution in [3.05, 3.63) is 68.7 Å². The average molecular weight is 308 g/mol. The fourth-order valence-electron chi connectivity index (χ4n) is 2.36. The average Bonchev–Trinajstić information content (AvgIpc) is 2.41. The normalized spacial score (nSPS) is 12.4. The standard InChI is InChI=1S/C17H19Cl2N/c1-11-7-8-13(9-12(11)2)10-16(20-3)17-14(18)5-4-6-15(17)19/h4-9,16,20H,10H2,1-3H3. The quantitative estimate of drug-likeness (QED) is 0.827. The molecule has 20 heavy (non-hydrogen) atoms. The highest BCUT2D eigenvalue weighted by Crippen LogP contribution is 2.32. The molecule has 1 unspecified atom stereocenters. The van der Waals surface area contributed by atoms with E-state index in [1.165, 1.54) is 16.7 Å². The Balaban J connectivity index is 2.31. The van der Waals surface area contributed by atoms with Gasteiger partial charge in [-0.3, -0.25) is 0 Å². The molecule has 0 spiro atoms. The maximum absolute atomic E-state index is 6.30. The van der Waals surface area contributed by atoms with Crippen molar-refractivity contribution in [2.45, 2.75) is 26.3 Å². The molecule has 1 N–H and O–H groups in total. The van der Waals surface area contributed by atoms with Crippen LogP contribution in [-0.2, 0) is 6.42 Å². The van der Waals surface area contributed by atoms with E-state index in [0.717, 1.165) is 12.0 Å². The molecule has 0 saturated carbocycles. The van der Waals surface area contributed by atoms with Crippen molar-refractivity contribution in [1.29, 1.82) is 0 Å². The number of likely N-dealkylation sites (N-methyl/N-ethyl adjacent to an activating group) is 1. The Kier molecular flexibility index (Phi) is 5.09. The number of aryl methyl sites for hydroxylation is 2. The first-order chi connectivity index (χ1) is 9.52. The molecule has 0 aromatic heterocycles. The number of halogens is 2. The van der Waals surface area contributed by atoms with E-state index in [0.29, 0.717) is 10.0 Å². The van der Waals surface area contributed by atoms with Crippen LogP contribution in [0.5, 0.6) is 0 Å². The topological polar surface area (TPSA) is 12.0 Å². The van der Waals surface area contributed by atoms with Crippen molar-refractivity contribution < 1.29 is 0 Å². The van der Waals surface area contributed by atoms with Crippen molar-refractivity contribution in [2.24, 2.45) is 0 Å². The lowest BCUT2D eigenvalue weighted by Crippen LogP contribution is -2.19. The molecular weight excluding hydrogens is 289 g/mol. The van der Waals surface area contributed by atoms with Crippen molar-refractivity contribution in [3.8, 4) is 0 Å². The van der Waals surface area contributed by atoms with Gasteiger partial charge in [-0.15, -0.1) is 0 Å². The highest BCUT2D eigenvalue weighted by Gasteiger charge is 2.17. The summed E-state index contributed by atoms with van der Waals surface area (Å²) in [5.74, 6) is 0. The lowest BCUT2D eigenvalue weighted by atomic mass is 9.96. The zero-order valence-electron chi connectivity index (χ0n) is 12.0. The molecule has 0 heterocycles. The first-order valence-electron chi connectivity index (χ1n) is 6.70. The van der Waals surface area contributed by atoms with Crippen LogP contribution in [0.3, 0.4) is 0 Å². The number of nitrogens with one attached hydrogen (secondary N) is 1. The van der Waals surface area contributed by atoms with Gasteiger partial charge in [-0.1, -0.05) is 47.5 Å². The number of rotatable bonds is 4. The Morgan fingerprint density at radius 2 is 1.65 bits per heavy atom. The summed E-state index contributed by atoms with van der Waals surface area (Å²) < 4.78 is 0. The molecular formula is C17H19Cl2N. The van der Waals surface area contributed by atoms with Crippen molar-refractivity contribution in [3.63, 3.8) is 0 Å². The van der Waals surface area contributed by atoms with E-state index < -0.39 is 0 Å². The van der Waals surface area contributed by atoms with E-state index in [1.807, 2.05) is 25.2 Å². The van der Waals surface area contributed by atoms with Crippen LogP contribution < -0.4 is 5.32 Å². The molecule has 0 aliphatic heterocycles. The minimum absolute atomic E-state index is 0.110. The lowest BCUT2D eigenvalue weighted by molar-refractivity contribution is 0.592. The molecule has 0 aliphatic rings. The first-order valence-corrected chi connectivity index (χ1v) is 7.46. The number of benzene rings is 2. The Bertz CT molecular complexity index is 588. The predicted octanol–water partition coefficient (Wildman–Crippen LogP) is 5.11. The lowest BCUT2D eigenvalue weighted by Gasteiger charge is -2.20. The molecule has 2 rings (SSSR count). The third-order valence-electron chi connectivity index (χ3n) is 3.71. The van der Waals surface area contributed by atoms with Crippen molar-refractivity contribution in [2.75, 3.05) is 7.05 Å². The van der Waals surface area contributed by atoms with Gasteiger partial charge in [0.25, 0.3) is 0 Å². The molecule has 0 saturated heterocycles. The summed E-state index contributed by atoms with van der Waals surface area (Å²) in [6, 6.07) is 12.3. The van der Waals surface area contributed by atoms with Crippen LogP contribution in [0.25, 0.3) is 0 Å². The first kappa shape index (κ1) is 15.4. The van der Waals surface area contributed by atoms with Gasteiger partial charge in [0.15, 0.2) is 0 Å². The van der Waals surface area contributed by atoms with Gasteiger partial charge in [0.05, 0.1) is 0 Å². The second kappa shape index (κ2) is 6.62. The van der Waals surface area contributed by atoms with Gasteiger partial charge in [-0.25, -0.2) is 0 Å². The Hall–Kier alpha value is -1.02. The van der Waals surface area contributed by atoms with Crippen molar-refractivity contribution >= 4 is 23.2 Å². The van der Waals surface area contributed by atoms with Gasteiger partial charge in [0, 0.05) is 21.7 Å². The van der Waals surface area contributed by atoms with Gasteiger partial charge in [0.1, 0.15) is 0 Å². The smallest absolute Gasteiger partial charge is 0.0468 e. The molecule has 2 aromatic rings. The minimum atomic E-state index is 0.110. The van der Waals surface area contributed by atoms with Crippen LogP contribution in [0, 0.1) is 13.8 Å². The van der Waals surface area contributed by atoms with Crippen LogP contribution in [0.15, 0.2) is 36.4 Å². The van der Waals surface area contributed by atoms with Gasteiger partial charge < -0.3 is 5.32 Å². The van der Waals surface area contributed by atoms with E-state index in [2.05, 4.69) is 37.4 Å². The van der Waals surface area contributed by atoms with E-state index >= 15 is 0 Å². The van der Waals surface area contributed by atoms with E-state index in [1.54, 1.807) is 0 Å². The molecule has 3 heteroatoms. The molecule has 106 valence electrons. The third kappa shape index (κ3) is 3.35. The molecule has 0 radical (unpaired) electrons. The maximum atomic E-state index is 6.30. The SMILES string of the molecule is CNC(Cc1ccc(C)c(C)c1)c1c(Cl)cccc1Cl. The van der Waals surface area contributed by atoms with Crippen LogP contribution in [0.1, 0.15) is 28.3 Å². The molecule has 2 aromatic carbocycles. The van der Waals surface area contributed by atoms with Crippen LogP contribution >= 0.6 is 23.2 Å². The predicted molar refractivity (Wildman–Crippen MR) is 87.9 cm³/mol. The van der Waals surface area contributed by atoms with Crippen LogP contribution in [-0.4, -0.2) is 7.05 Å². The van der Waals surface area contributed by atoms with Gasteiger partial charge in [-0.2, -0.15) is 0 Å². The molecule has 0 amide bonds. The molecule has 1 atom stereocenters. The van der Waals surface area contributed by atoms with Gasteiger partial charge in [-0.05, 0) is 56.1 Å². The summed E-state index contributed by atoms with van der Waals surface area (Å²) in [6.07, 6.45) is 0.862. The Morgan fingerprint density at radius 1 is 1.00 bits per heavy atom. The summed E-state index contributed by atoms with van der Waals surface area (Å²) >= 11 is 12.6. The molecule has 0 fully saturated rings. The maximum Gasteiger partial charge on any atom is 0.0468 e. The van der Waals surface area contributed by atoms with E-state index in [-0.39, 0.29) is 6.04 Å². The number of hydrogen-bond donors (Lipinski definition) is 1. The van der Waals surface area contributed by atoms with Gasteiger partial charge in [0.2, 0.25) is 0 Å². The van der Waals surface area contributed by atoms with Crippen LogP contribution in [0.4, 0.5) is 0 Å². The van der Waals surface area contributed by atoms with E-state index in [4.69, 9.17) is 23.2 Å². The summed E-state index contributed by atoms with van der Waals surface area (Å²) in [5.41, 5.74) is 4.87. The summed E-state index contributed by atoms with van der Waals surface area (Å²) in [5, 5.41) is 4.73. The fraction of sp³-hybridized carbons (Fsp3) is 0.294. The van der Waals surface area contributed by atoms with Gasteiger partial charge >= 0.3 is 0 Å². The Morgan fingerprint density at radius 3 is 2.20 bits per heavy atom. The number of hydrogen-bond acceptors (Lipinski definition) is 1. The zero-order chi connectivity index (χ0) is 14.7. The molecule has 1 nitrogen and oxygen atoms in total. The largest absolute Gasteiger partial charge is 0.313 e. The van der Waals surface area contributed by atoms with Crippen LogP contribution in [0.2, 0.25) is 10.0 Å². The highest BCUT2D eigenvalue weighted by atomic mass is 35.5. The summed E-state index contributed by atoms with van der Waals surface area (Å²) in [6.45, 7) is 4.26.